The number of carbonyl (C=O) groups excluding carboxylic acids is 1. The predicted octanol–water partition coefficient (Wildman–Crippen LogP) is 1.94. The van der Waals surface area contributed by atoms with E-state index in [0.717, 1.165) is 22.2 Å². The number of H-pyrrole nitrogens is 1. The molecule has 3 rings (SSSR count). The number of hydrogen-bond donors (Lipinski definition) is 2. The Morgan fingerprint density at radius 3 is 2.54 bits per heavy atom. The molecule has 0 atom stereocenters. The second kappa shape index (κ2) is 6.22. The minimum atomic E-state index is -3.14. The monoisotopic (exact) mass is 349 g/mol. The van der Waals surface area contributed by atoms with Crippen LogP contribution in [0.5, 0.6) is 0 Å². The first kappa shape index (κ1) is 17.0. The number of sulfonamides is 1. The Balaban J connectivity index is 1.69. The van der Waals surface area contributed by atoms with Crippen LogP contribution in [0.2, 0.25) is 0 Å². The summed E-state index contributed by atoms with van der Waals surface area (Å²) < 4.78 is 24.5. The summed E-state index contributed by atoms with van der Waals surface area (Å²) >= 11 is 0. The number of amides is 1. The van der Waals surface area contributed by atoms with Crippen LogP contribution in [0.3, 0.4) is 0 Å². The second-order valence-corrected chi connectivity index (χ2v) is 8.53. The molecule has 0 spiro atoms. The standard InChI is InChI=1S/C17H23N3O3S/c1-11-12(2)18-16-5-4-13(10-15(11)16)17(21)19-14-6-8-20(9-7-14)24(3,22)23/h4-5,10,14,18H,6-9H2,1-3H3,(H,19,21). The van der Waals surface area contributed by atoms with Crippen molar-refractivity contribution < 1.29 is 13.2 Å². The molecule has 0 saturated carbocycles. The first-order valence-electron chi connectivity index (χ1n) is 8.10. The van der Waals surface area contributed by atoms with Gasteiger partial charge in [-0.25, -0.2) is 12.7 Å². The SMILES string of the molecule is Cc1[nH]c2ccc(C(=O)NC3CCN(S(C)(=O)=O)CC3)cc2c1C. The molecule has 1 aliphatic heterocycles. The molecule has 0 bridgehead atoms. The molecule has 1 amide bonds. The number of fused-ring (bicyclic) bond motifs is 1. The van der Waals surface area contributed by atoms with Gasteiger partial charge in [0.25, 0.3) is 5.91 Å². The molecule has 2 aromatic rings. The lowest BCUT2D eigenvalue weighted by molar-refractivity contribution is 0.0924. The maximum Gasteiger partial charge on any atom is 0.251 e. The van der Waals surface area contributed by atoms with Crippen molar-refractivity contribution >= 4 is 26.8 Å². The molecule has 0 aliphatic carbocycles. The smallest absolute Gasteiger partial charge is 0.251 e. The summed E-state index contributed by atoms with van der Waals surface area (Å²) in [7, 11) is -3.14. The fourth-order valence-corrected chi connectivity index (χ4v) is 4.08. The third-order valence-corrected chi connectivity index (χ3v) is 6.13. The second-order valence-electron chi connectivity index (χ2n) is 6.55. The van der Waals surface area contributed by atoms with Crippen LogP contribution in [0.4, 0.5) is 0 Å². The van der Waals surface area contributed by atoms with Crippen molar-refractivity contribution in [2.75, 3.05) is 19.3 Å². The molecule has 2 heterocycles. The number of aryl methyl sites for hydroxylation is 2. The minimum absolute atomic E-state index is 0.0141. The third-order valence-electron chi connectivity index (χ3n) is 4.83. The van der Waals surface area contributed by atoms with Gasteiger partial charge in [-0.3, -0.25) is 4.79 Å². The molecule has 2 N–H and O–H groups in total. The summed E-state index contributed by atoms with van der Waals surface area (Å²) in [4.78, 5) is 15.8. The van der Waals surface area contributed by atoms with Crippen molar-refractivity contribution in [3.63, 3.8) is 0 Å². The van der Waals surface area contributed by atoms with Gasteiger partial charge in [0.05, 0.1) is 6.26 Å². The van der Waals surface area contributed by atoms with Crippen LogP contribution in [0.1, 0.15) is 34.5 Å². The summed E-state index contributed by atoms with van der Waals surface area (Å²) in [5.74, 6) is -0.104. The molecule has 130 valence electrons. The number of piperidine rings is 1. The molecular formula is C17H23N3O3S. The Labute approximate surface area is 142 Å². The fraction of sp³-hybridized carbons (Fsp3) is 0.471. The first-order valence-corrected chi connectivity index (χ1v) is 9.95. The molecule has 7 heteroatoms. The highest BCUT2D eigenvalue weighted by atomic mass is 32.2. The molecule has 0 unspecified atom stereocenters. The maximum absolute atomic E-state index is 12.5. The zero-order valence-corrected chi connectivity index (χ0v) is 15.0. The fourth-order valence-electron chi connectivity index (χ4n) is 3.20. The van der Waals surface area contributed by atoms with Gasteiger partial charge in [-0.05, 0) is 50.5 Å². The number of hydrogen-bond acceptors (Lipinski definition) is 3. The van der Waals surface area contributed by atoms with Crippen LogP contribution in [0, 0.1) is 13.8 Å². The Kier molecular flexibility index (Phi) is 4.40. The van der Waals surface area contributed by atoms with Crippen molar-refractivity contribution in [1.29, 1.82) is 0 Å². The normalized spacial score (nSPS) is 17.3. The van der Waals surface area contributed by atoms with Gasteiger partial charge in [-0.15, -0.1) is 0 Å². The molecule has 1 aliphatic rings. The van der Waals surface area contributed by atoms with Crippen LogP contribution in [0.25, 0.3) is 10.9 Å². The first-order chi connectivity index (χ1) is 11.3. The lowest BCUT2D eigenvalue weighted by atomic mass is 10.0. The largest absolute Gasteiger partial charge is 0.358 e. The summed E-state index contributed by atoms with van der Waals surface area (Å²) in [5, 5.41) is 4.09. The van der Waals surface area contributed by atoms with Crippen LogP contribution < -0.4 is 5.32 Å². The Morgan fingerprint density at radius 1 is 1.25 bits per heavy atom. The van der Waals surface area contributed by atoms with Crippen molar-refractivity contribution in [2.45, 2.75) is 32.7 Å². The number of aromatic nitrogens is 1. The maximum atomic E-state index is 12.5. The molecule has 1 aromatic heterocycles. The minimum Gasteiger partial charge on any atom is -0.358 e. The number of nitrogens with zero attached hydrogens (tertiary/aromatic N) is 1. The Bertz CT molecular complexity index is 878. The van der Waals surface area contributed by atoms with Crippen LogP contribution >= 0.6 is 0 Å². The molecule has 0 radical (unpaired) electrons. The van der Waals surface area contributed by atoms with E-state index >= 15 is 0 Å². The van der Waals surface area contributed by atoms with E-state index in [0.29, 0.717) is 31.5 Å². The van der Waals surface area contributed by atoms with E-state index in [2.05, 4.69) is 10.3 Å². The van der Waals surface area contributed by atoms with Gasteiger partial charge in [0.2, 0.25) is 10.0 Å². The number of rotatable bonds is 3. The van der Waals surface area contributed by atoms with Crippen molar-refractivity contribution in [3.05, 3.63) is 35.0 Å². The van der Waals surface area contributed by atoms with E-state index < -0.39 is 10.0 Å². The predicted molar refractivity (Wildman–Crippen MR) is 94.7 cm³/mol. The van der Waals surface area contributed by atoms with E-state index in [-0.39, 0.29) is 11.9 Å². The van der Waals surface area contributed by atoms with Crippen molar-refractivity contribution in [1.82, 2.24) is 14.6 Å². The summed E-state index contributed by atoms with van der Waals surface area (Å²) in [6, 6.07) is 5.67. The Hall–Kier alpha value is -1.86. The third kappa shape index (κ3) is 3.32. The van der Waals surface area contributed by atoms with E-state index in [1.54, 1.807) is 0 Å². The van der Waals surface area contributed by atoms with Gasteiger partial charge in [0.1, 0.15) is 0 Å². The average molecular weight is 349 g/mol. The van der Waals surface area contributed by atoms with Crippen LogP contribution in [0.15, 0.2) is 18.2 Å². The van der Waals surface area contributed by atoms with E-state index in [9.17, 15) is 13.2 Å². The summed E-state index contributed by atoms with van der Waals surface area (Å²) in [6.07, 6.45) is 2.51. The van der Waals surface area contributed by atoms with Crippen molar-refractivity contribution in [2.24, 2.45) is 0 Å². The quantitative estimate of drug-likeness (QED) is 0.888. The van der Waals surface area contributed by atoms with Crippen molar-refractivity contribution in [3.8, 4) is 0 Å². The van der Waals surface area contributed by atoms with Crippen LogP contribution in [-0.2, 0) is 10.0 Å². The highest BCUT2D eigenvalue weighted by Crippen LogP contribution is 2.22. The zero-order valence-electron chi connectivity index (χ0n) is 14.2. The van der Waals surface area contributed by atoms with E-state index in [4.69, 9.17) is 0 Å². The molecule has 24 heavy (non-hydrogen) atoms. The number of benzene rings is 1. The highest BCUT2D eigenvalue weighted by Gasteiger charge is 2.26. The van der Waals surface area contributed by atoms with Gasteiger partial charge in [-0.1, -0.05) is 0 Å². The van der Waals surface area contributed by atoms with Gasteiger partial charge in [0.15, 0.2) is 0 Å². The number of nitrogens with one attached hydrogen (secondary N) is 2. The molecule has 6 nitrogen and oxygen atoms in total. The van der Waals surface area contributed by atoms with Crippen LogP contribution in [-0.4, -0.2) is 49.0 Å². The van der Waals surface area contributed by atoms with Gasteiger partial charge in [-0.2, -0.15) is 0 Å². The van der Waals surface area contributed by atoms with E-state index in [1.165, 1.54) is 10.6 Å². The topological polar surface area (TPSA) is 82.3 Å². The molecular weight excluding hydrogens is 326 g/mol. The highest BCUT2D eigenvalue weighted by molar-refractivity contribution is 7.88. The zero-order chi connectivity index (χ0) is 17.5. The molecule has 1 saturated heterocycles. The van der Waals surface area contributed by atoms with E-state index in [1.807, 2.05) is 32.0 Å². The lowest BCUT2D eigenvalue weighted by Gasteiger charge is -2.30. The molecule has 1 fully saturated rings. The summed E-state index contributed by atoms with van der Waals surface area (Å²) in [5.41, 5.74) is 3.93. The number of carbonyl (C=O) groups is 1. The molecule has 1 aromatic carbocycles. The lowest BCUT2D eigenvalue weighted by Crippen LogP contribution is -2.46. The summed E-state index contributed by atoms with van der Waals surface area (Å²) in [6.45, 7) is 4.97. The number of aromatic amines is 1. The Morgan fingerprint density at radius 2 is 1.92 bits per heavy atom. The van der Waals surface area contributed by atoms with Gasteiger partial charge >= 0.3 is 0 Å². The van der Waals surface area contributed by atoms with Gasteiger partial charge < -0.3 is 10.3 Å². The van der Waals surface area contributed by atoms with Gasteiger partial charge in [0, 0.05) is 41.3 Å². The average Bonchev–Trinajstić information content (AvgIpc) is 2.81.